The number of rotatable bonds is 8. The third-order valence-electron chi connectivity index (χ3n) is 3.10. The maximum absolute atomic E-state index is 12.1. The minimum absolute atomic E-state index is 0.0727. The van der Waals surface area contributed by atoms with Crippen LogP contribution in [0.4, 0.5) is 11.4 Å². The summed E-state index contributed by atoms with van der Waals surface area (Å²) >= 11 is 0. The van der Waals surface area contributed by atoms with Crippen molar-refractivity contribution >= 4 is 23.4 Å². The summed E-state index contributed by atoms with van der Waals surface area (Å²) in [6.45, 7) is 0.684. The molecule has 0 saturated carbocycles. The van der Waals surface area contributed by atoms with Gasteiger partial charge in [0.05, 0.1) is 17.1 Å². The van der Waals surface area contributed by atoms with Crippen LogP contribution in [0.2, 0.25) is 0 Å². The molecule has 0 aliphatic rings. The first-order chi connectivity index (χ1) is 12.1. The highest BCUT2D eigenvalue weighted by Crippen LogP contribution is 2.21. The number of carbonyl (C=O) groups excluding carboxylic acids is 1. The lowest BCUT2D eigenvalue weighted by molar-refractivity contribution is -0.385. The number of aromatic nitrogens is 1. The van der Waals surface area contributed by atoms with Crippen LogP contribution >= 0.6 is 0 Å². The van der Waals surface area contributed by atoms with Crippen molar-refractivity contribution < 1.29 is 19.2 Å². The number of benzene rings is 1. The van der Waals surface area contributed by atoms with Crippen LogP contribution in [0.3, 0.4) is 0 Å². The Kier molecular flexibility index (Phi) is 6.61. The van der Waals surface area contributed by atoms with Crippen LogP contribution in [-0.2, 0) is 9.53 Å². The van der Waals surface area contributed by atoms with Crippen molar-refractivity contribution in [2.75, 3.05) is 25.6 Å². The second kappa shape index (κ2) is 9.14. The zero-order chi connectivity index (χ0) is 18.1. The van der Waals surface area contributed by atoms with Gasteiger partial charge in [-0.25, -0.2) is 4.98 Å². The molecule has 0 aliphatic heterocycles. The van der Waals surface area contributed by atoms with Crippen LogP contribution in [0.5, 0.6) is 5.88 Å². The first kappa shape index (κ1) is 18.1. The van der Waals surface area contributed by atoms with E-state index < -0.39 is 10.8 Å². The van der Waals surface area contributed by atoms with Gasteiger partial charge in [0.15, 0.2) is 0 Å². The van der Waals surface area contributed by atoms with Crippen molar-refractivity contribution in [2.45, 2.75) is 0 Å². The van der Waals surface area contributed by atoms with E-state index in [1.54, 1.807) is 43.6 Å². The van der Waals surface area contributed by atoms with Crippen LogP contribution in [0.1, 0.15) is 5.56 Å². The smallest absolute Gasteiger partial charge is 0.276 e. The van der Waals surface area contributed by atoms with Gasteiger partial charge in [-0.1, -0.05) is 12.1 Å². The number of nitro benzene ring substituents is 1. The van der Waals surface area contributed by atoms with Gasteiger partial charge < -0.3 is 14.8 Å². The van der Waals surface area contributed by atoms with Gasteiger partial charge in [-0.15, -0.1) is 0 Å². The number of anilines is 1. The molecule has 0 aliphatic carbocycles. The van der Waals surface area contributed by atoms with E-state index in [1.165, 1.54) is 18.2 Å². The van der Waals surface area contributed by atoms with Crippen molar-refractivity contribution in [2.24, 2.45) is 0 Å². The van der Waals surface area contributed by atoms with Gasteiger partial charge in [0, 0.05) is 25.4 Å². The summed E-state index contributed by atoms with van der Waals surface area (Å²) in [5.74, 6) is -0.185. The number of amides is 1. The third-order valence-corrected chi connectivity index (χ3v) is 3.10. The Bertz CT molecular complexity index is 776. The Labute approximate surface area is 144 Å². The fourth-order valence-corrected chi connectivity index (χ4v) is 1.96. The summed E-state index contributed by atoms with van der Waals surface area (Å²) in [4.78, 5) is 26.6. The number of nitrogens with zero attached hydrogens (tertiary/aromatic N) is 2. The summed E-state index contributed by atoms with van der Waals surface area (Å²) in [6.07, 6.45) is 4.14. The molecule has 0 fully saturated rings. The summed E-state index contributed by atoms with van der Waals surface area (Å²) < 4.78 is 10.3. The number of ether oxygens (including phenoxy) is 2. The molecule has 0 spiro atoms. The van der Waals surface area contributed by atoms with Crippen molar-refractivity contribution in [3.63, 3.8) is 0 Å². The molecular weight excluding hydrogens is 326 g/mol. The van der Waals surface area contributed by atoms with Gasteiger partial charge in [-0.3, -0.25) is 14.9 Å². The summed E-state index contributed by atoms with van der Waals surface area (Å²) in [5, 5.41) is 13.6. The lowest BCUT2D eigenvalue weighted by Gasteiger charge is -2.09. The Hall–Kier alpha value is -3.26. The molecule has 1 aromatic carbocycles. The highest BCUT2D eigenvalue weighted by Gasteiger charge is 2.11. The van der Waals surface area contributed by atoms with Crippen molar-refractivity contribution in [1.29, 1.82) is 0 Å². The predicted octanol–water partition coefficient (Wildman–Crippen LogP) is 2.67. The molecule has 8 heteroatoms. The standard InChI is InChI=1S/C17H17N3O5/c1-24-11-12-25-17-14(6-4-10-18-17)19-16(21)9-8-13-5-2-3-7-15(13)20(22)23/h2-10H,11-12H2,1H3,(H,19,21)/b9-8+. The van der Waals surface area contributed by atoms with Crippen LogP contribution < -0.4 is 10.1 Å². The second-order valence-corrected chi connectivity index (χ2v) is 4.84. The number of methoxy groups -OCH3 is 1. The fourth-order valence-electron chi connectivity index (χ4n) is 1.96. The van der Waals surface area contributed by atoms with Gasteiger partial charge in [0.1, 0.15) is 12.3 Å². The zero-order valence-electron chi connectivity index (χ0n) is 13.5. The topological polar surface area (TPSA) is 104 Å². The van der Waals surface area contributed by atoms with Gasteiger partial charge in [0.2, 0.25) is 11.8 Å². The first-order valence-electron chi connectivity index (χ1n) is 7.41. The lowest BCUT2D eigenvalue weighted by atomic mass is 10.1. The maximum Gasteiger partial charge on any atom is 0.276 e. The van der Waals surface area contributed by atoms with Crippen LogP contribution in [0.15, 0.2) is 48.7 Å². The average molecular weight is 343 g/mol. The molecular formula is C17H17N3O5. The number of carbonyl (C=O) groups is 1. The van der Waals surface area contributed by atoms with E-state index in [4.69, 9.17) is 9.47 Å². The van der Waals surface area contributed by atoms with E-state index in [9.17, 15) is 14.9 Å². The number of pyridine rings is 1. The largest absolute Gasteiger partial charge is 0.474 e. The monoisotopic (exact) mass is 343 g/mol. The number of hydrogen-bond donors (Lipinski definition) is 1. The fraction of sp³-hybridized carbons (Fsp3) is 0.176. The van der Waals surface area contributed by atoms with E-state index in [-0.39, 0.29) is 11.6 Å². The molecule has 2 aromatic rings. The molecule has 1 amide bonds. The number of hydrogen-bond acceptors (Lipinski definition) is 6. The molecule has 130 valence electrons. The molecule has 0 saturated heterocycles. The molecule has 1 aromatic heterocycles. The summed E-state index contributed by atoms with van der Waals surface area (Å²) in [6, 6.07) is 9.46. The quantitative estimate of drug-likeness (QED) is 0.342. The highest BCUT2D eigenvalue weighted by atomic mass is 16.6. The zero-order valence-corrected chi connectivity index (χ0v) is 13.5. The average Bonchev–Trinajstić information content (AvgIpc) is 2.62. The molecule has 25 heavy (non-hydrogen) atoms. The minimum atomic E-state index is -0.500. The SMILES string of the molecule is COCCOc1ncccc1NC(=O)/C=C/c1ccccc1[N+](=O)[O-]. The molecule has 0 unspecified atom stereocenters. The first-order valence-corrected chi connectivity index (χ1v) is 7.41. The molecule has 0 atom stereocenters. The summed E-state index contributed by atoms with van der Waals surface area (Å²) in [7, 11) is 1.55. The Morgan fingerprint density at radius 3 is 2.84 bits per heavy atom. The van der Waals surface area contributed by atoms with Gasteiger partial charge in [-0.2, -0.15) is 0 Å². The number of para-hydroxylation sites is 1. The minimum Gasteiger partial charge on any atom is -0.474 e. The van der Waals surface area contributed by atoms with E-state index in [0.717, 1.165) is 0 Å². The Balaban J connectivity index is 2.07. The van der Waals surface area contributed by atoms with Gasteiger partial charge >= 0.3 is 0 Å². The summed E-state index contributed by atoms with van der Waals surface area (Å²) in [5.41, 5.74) is 0.665. The molecule has 1 N–H and O–H groups in total. The number of nitro groups is 1. The van der Waals surface area contributed by atoms with E-state index >= 15 is 0 Å². The van der Waals surface area contributed by atoms with Crippen LogP contribution in [-0.4, -0.2) is 36.1 Å². The lowest BCUT2D eigenvalue weighted by Crippen LogP contribution is -2.12. The van der Waals surface area contributed by atoms with Crippen molar-refractivity contribution in [3.8, 4) is 5.88 Å². The number of nitrogens with one attached hydrogen (secondary N) is 1. The highest BCUT2D eigenvalue weighted by molar-refractivity contribution is 6.02. The van der Waals surface area contributed by atoms with Gasteiger partial charge in [-0.05, 0) is 24.3 Å². The Morgan fingerprint density at radius 1 is 1.28 bits per heavy atom. The van der Waals surface area contributed by atoms with E-state index in [0.29, 0.717) is 24.5 Å². The van der Waals surface area contributed by atoms with Gasteiger partial charge in [0.25, 0.3) is 5.69 Å². The van der Waals surface area contributed by atoms with Crippen LogP contribution in [0.25, 0.3) is 6.08 Å². The predicted molar refractivity (Wildman–Crippen MR) is 92.4 cm³/mol. The van der Waals surface area contributed by atoms with E-state index in [1.807, 2.05) is 0 Å². The van der Waals surface area contributed by atoms with E-state index in [2.05, 4.69) is 10.3 Å². The third kappa shape index (κ3) is 5.40. The van der Waals surface area contributed by atoms with Crippen LogP contribution in [0, 0.1) is 10.1 Å². The van der Waals surface area contributed by atoms with Crippen molar-refractivity contribution in [1.82, 2.24) is 4.98 Å². The van der Waals surface area contributed by atoms with Crippen molar-refractivity contribution in [3.05, 3.63) is 64.3 Å². The molecule has 8 nitrogen and oxygen atoms in total. The second-order valence-electron chi connectivity index (χ2n) is 4.84. The maximum atomic E-state index is 12.1. The molecule has 0 radical (unpaired) electrons. The molecule has 2 rings (SSSR count). The molecule has 1 heterocycles. The molecule has 0 bridgehead atoms. The Morgan fingerprint density at radius 2 is 2.08 bits per heavy atom. The normalized spacial score (nSPS) is 10.6.